The van der Waals surface area contributed by atoms with Crippen molar-refractivity contribution in [2.24, 2.45) is 5.92 Å². The Morgan fingerprint density at radius 1 is 1.25 bits per heavy atom. The van der Waals surface area contributed by atoms with Crippen molar-refractivity contribution < 1.29 is 9.53 Å². The number of hydrogen-bond acceptors (Lipinski definition) is 2. The molecule has 0 aromatic carbocycles. The van der Waals surface area contributed by atoms with Crippen LogP contribution in [0, 0.1) is 5.92 Å². The second kappa shape index (κ2) is 6.14. The van der Waals surface area contributed by atoms with E-state index in [9.17, 15) is 4.79 Å². The lowest BCUT2D eigenvalue weighted by Crippen LogP contribution is -2.28. The molecule has 0 radical (unpaired) electrons. The van der Waals surface area contributed by atoms with E-state index in [-0.39, 0.29) is 6.61 Å². The fourth-order valence-corrected chi connectivity index (χ4v) is 1.85. The number of halogens is 4. The molecule has 0 aromatic heterocycles. The van der Waals surface area contributed by atoms with Crippen molar-refractivity contribution in [2.75, 3.05) is 6.61 Å². The maximum absolute atomic E-state index is 11.1. The predicted octanol–water partition coefficient (Wildman–Crippen LogP) is 2.77. The topological polar surface area (TPSA) is 26.3 Å². The van der Waals surface area contributed by atoms with Crippen LogP contribution in [0.2, 0.25) is 0 Å². The Morgan fingerprint density at radius 2 is 1.67 bits per heavy atom. The van der Waals surface area contributed by atoms with Gasteiger partial charge in [-0.1, -0.05) is 0 Å². The molecule has 0 amide bonds. The Bertz CT molecular complexity index is 140. The maximum Gasteiger partial charge on any atom is 0.314 e. The van der Waals surface area contributed by atoms with Gasteiger partial charge < -0.3 is 4.74 Å². The summed E-state index contributed by atoms with van der Waals surface area (Å²) in [6.45, 7) is 1.92. The highest BCUT2D eigenvalue weighted by Gasteiger charge is 2.32. The number of ether oxygens (including phenoxy) is 1. The van der Waals surface area contributed by atoms with Gasteiger partial charge >= 0.3 is 5.97 Å². The highest BCUT2D eigenvalue weighted by molar-refractivity contribution is 6.50. The van der Waals surface area contributed by atoms with Crippen molar-refractivity contribution in [3.63, 3.8) is 0 Å². The van der Waals surface area contributed by atoms with Gasteiger partial charge in [0, 0.05) is 0 Å². The zero-order valence-corrected chi connectivity index (χ0v) is 9.29. The molecule has 0 heterocycles. The molecule has 0 unspecified atom stereocenters. The van der Waals surface area contributed by atoms with Gasteiger partial charge in [0.25, 0.3) is 0 Å². The van der Waals surface area contributed by atoms with Gasteiger partial charge in [-0.2, -0.15) is 0 Å². The van der Waals surface area contributed by atoms with Crippen LogP contribution in [0.1, 0.15) is 6.92 Å². The van der Waals surface area contributed by atoms with E-state index in [2.05, 4.69) is 4.74 Å². The van der Waals surface area contributed by atoms with E-state index in [1.54, 1.807) is 6.92 Å². The highest BCUT2D eigenvalue weighted by atomic mass is 35.5. The number of alkyl halides is 4. The van der Waals surface area contributed by atoms with Gasteiger partial charge in [-0.05, 0) is 6.92 Å². The zero-order valence-electron chi connectivity index (χ0n) is 6.27. The molecule has 0 saturated heterocycles. The highest BCUT2D eigenvalue weighted by Crippen LogP contribution is 2.26. The first kappa shape index (κ1) is 12.6. The fourth-order valence-electron chi connectivity index (χ4n) is 0.554. The van der Waals surface area contributed by atoms with E-state index in [1.807, 2.05) is 0 Å². The molecule has 0 fully saturated rings. The van der Waals surface area contributed by atoms with Crippen LogP contribution < -0.4 is 0 Å². The normalized spacial score (nSPS) is 11.3. The summed E-state index contributed by atoms with van der Waals surface area (Å²) in [6.07, 6.45) is 0. The lowest BCUT2D eigenvalue weighted by Gasteiger charge is -2.16. The second-order valence-corrected chi connectivity index (χ2v) is 4.27. The minimum Gasteiger partial charge on any atom is -0.466 e. The summed E-state index contributed by atoms with van der Waals surface area (Å²) in [4.78, 5) is 9.16. The first-order valence-electron chi connectivity index (χ1n) is 3.23. The molecular formula is C6H8Cl4O2. The van der Waals surface area contributed by atoms with E-state index in [0.717, 1.165) is 0 Å². The van der Waals surface area contributed by atoms with E-state index in [0.29, 0.717) is 0 Å². The average molecular weight is 254 g/mol. The Labute approximate surface area is 91.1 Å². The Kier molecular flexibility index (Phi) is 6.46. The predicted molar refractivity (Wildman–Crippen MR) is 51.1 cm³/mol. The summed E-state index contributed by atoms with van der Waals surface area (Å²) < 4.78 is 4.65. The molecule has 0 N–H and O–H groups in total. The molecule has 72 valence electrons. The number of carbonyl (C=O) groups is 1. The molecule has 12 heavy (non-hydrogen) atoms. The van der Waals surface area contributed by atoms with Gasteiger partial charge in [0.2, 0.25) is 0 Å². The smallest absolute Gasteiger partial charge is 0.314 e. The monoisotopic (exact) mass is 252 g/mol. The van der Waals surface area contributed by atoms with E-state index >= 15 is 0 Å². The number of rotatable bonds is 4. The van der Waals surface area contributed by atoms with Crippen LogP contribution in [-0.2, 0) is 9.53 Å². The van der Waals surface area contributed by atoms with Gasteiger partial charge in [0.1, 0.15) is 15.6 Å². The maximum atomic E-state index is 11.1. The summed E-state index contributed by atoms with van der Waals surface area (Å²) in [6, 6.07) is 0. The van der Waals surface area contributed by atoms with Gasteiger partial charge in [0.05, 0.1) is 6.61 Å². The molecule has 0 aliphatic rings. The van der Waals surface area contributed by atoms with Crippen molar-refractivity contribution in [3.05, 3.63) is 0 Å². The lowest BCUT2D eigenvalue weighted by molar-refractivity contribution is -0.147. The van der Waals surface area contributed by atoms with Gasteiger partial charge in [-0.3, -0.25) is 4.79 Å². The molecule has 6 heteroatoms. The third-order valence-corrected chi connectivity index (χ3v) is 2.19. The van der Waals surface area contributed by atoms with Gasteiger partial charge in [-0.15, -0.1) is 46.4 Å². The molecule has 2 nitrogen and oxygen atoms in total. The van der Waals surface area contributed by atoms with Crippen molar-refractivity contribution in [2.45, 2.75) is 16.6 Å². The largest absolute Gasteiger partial charge is 0.466 e. The number of hydrogen-bond donors (Lipinski definition) is 0. The van der Waals surface area contributed by atoms with Crippen molar-refractivity contribution in [1.82, 2.24) is 0 Å². The summed E-state index contributed by atoms with van der Waals surface area (Å²) in [7, 11) is 0. The SMILES string of the molecule is CCOC(=O)C(C(Cl)Cl)C(Cl)Cl. The quantitative estimate of drug-likeness (QED) is 0.569. The Morgan fingerprint density at radius 3 is 1.92 bits per heavy atom. The zero-order chi connectivity index (χ0) is 9.72. The summed E-state index contributed by atoms with van der Waals surface area (Å²) in [5.41, 5.74) is 0. The Hall–Kier alpha value is 0.630. The van der Waals surface area contributed by atoms with Crippen molar-refractivity contribution in [1.29, 1.82) is 0 Å². The minimum absolute atomic E-state index is 0.246. The third-order valence-electron chi connectivity index (χ3n) is 1.10. The molecule has 0 aliphatic heterocycles. The molecule has 0 aromatic rings. The molecule has 0 aliphatic carbocycles. The van der Waals surface area contributed by atoms with Crippen LogP contribution >= 0.6 is 46.4 Å². The van der Waals surface area contributed by atoms with E-state index in [4.69, 9.17) is 46.4 Å². The number of carbonyl (C=O) groups excluding carboxylic acids is 1. The van der Waals surface area contributed by atoms with Crippen LogP contribution in [0.5, 0.6) is 0 Å². The van der Waals surface area contributed by atoms with Gasteiger partial charge in [0.15, 0.2) is 0 Å². The first-order chi connectivity index (χ1) is 5.50. The van der Waals surface area contributed by atoms with Crippen LogP contribution in [0.25, 0.3) is 0 Å². The summed E-state index contributed by atoms with van der Waals surface area (Å²) >= 11 is 21.9. The van der Waals surface area contributed by atoms with Crippen LogP contribution in [-0.4, -0.2) is 22.2 Å². The molecule has 0 saturated carbocycles. The van der Waals surface area contributed by atoms with Crippen molar-refractivity contribution >= 4 is 52.4 Å². The molecule has 0 bridgehead atoms. The minimum atomic E-state index is -0.955. The summed E-state index contributed by atoms with van der Waals surface area (Å²) in [5, 5.41) is 0. The van der Waals surface area contributed by atoms with Gasteiger partial charge in [-0.25, -0.2) is 0 Å². The third kappa shape index (κ3) is 4.04. The Balaban J connectivity index is 4.20. The second-order valence-electron chi connectivity index (χ2n) is 1.95. The van der Waals surface area contributed by atoms with Crippen LogP contribution in [0.15, 0.2) is 0 Å². The molecule has 0 spiro atoms. The standard InChI is InChI=1S/C6H8Cl4O2/c1-2-12-6(11)3(4(7)8)5(9)10/h3-5H,2H2,1H3. The van der Waals surface area contributed by atoms with Crippen LogP contribution in [0.3, 0.4) is 0 Å². The number of esters is 1. The first-order valence-corrected chi connectivity index (χ1v) is 4.98. The molecule has 0 atom stereocenters. The van der Waals surface area contributed by atoms with Crippen LogP contribution in [0.4, 0.5) is 0 Å². The lowest BCUT2D eigenvalue weighted by atomic mass is 10.2. The molecule has 0 rings (SSSR count). The average Bonchev–Trinajstić information content (AvgIpc) is 1.85. The van der Waals surface area contributed by atoms with E-state index < -0.39 is 21.6 Å². The van der Waals surface area contributed by atoms with E-state index in [1.165, 1.54) is 0 Å². The molecular weight excluding hydrogens is 246 g/mol. The summed E-state index contributed by atoms with van der Waals surface area (Å²) in [5.74, 6) is -1.47. The fraction of sp³-hybridized carbons (Fsp3) is 0.833. The van der Waals surface area contributed by atoms with Crippen molar-refractivity contribution in [3.8, 4) is 0 Å².